The van der Waals surface area contributed by atoms with Crippen LogP contribution in [0.2, 0.25) is 0 Å². The lowest BCUT2D eigenvalue weighted by atomic mass is 9.65. The fraction of sp³-hybridized carbons (Fsp3) is 0.760. The molecule has 28 heavy (non-hydrogen) atoms. The molecule has 0 aliphatic rings. The van der Waals surface area contributed by atoms with Crippen LogP contribution in [0.5, 0.6) is 5.75 Å². The van der Waals surface area contributed by atoms with Crippen molar-refractivity contribution in [1.82, 2.24) is 0 Å². The molecule has 0 aliphatic carbocycles. The highest BCUT2D eigenvalue weighted by molar-refractivity contribution is 9.10. The summed E-state index contributed by atoms with van der Waals surface area (Å²) in [5.74, 6) is 0.918. The van der Waals surface area contributed by atoms with Gasteiger partial charge < -0.3 is 9.47 Å². The molecule has 1 atom stereocenters. The van der Waals surface area contributed by atoms with Crippen molar-refractivity contribution in [3.05, 3.63) is 28.7 Å². The van der Waals surface area contributed by atoms with Crippen LogP contribution in [0.25, 0.3) is 0 Å². The van der Waals surface area contributed by atoms with E-state index in [2.05, 4.69) is 57.5 Å². The van der Waals surface area contributed by atoms with Crippen molar-refractivity contribution in [3.8, 4) is 5.75 Å². The van der Waals surface area contributed by atoms with Gasteiger partial charge in [0.05, 0.1) is 19.3 Å². The second-order valence-electron chi connectivity index (χ2n) is 9.54. The van der Waals surface area contributed by atoms with E-state index in [4.69, 9.17) is 9.47 Å². The predicted octanol–water partition coefficient (Wildman–Crippen LogP) is 8.43. The molecule has 0 spiro atoms. The van der Waals surface area contributed by atoms with Crippen molar-refractivity contribution >= 4 is 15.9 Å². The van der Waals surface area contributed by atoms with Gasteiger partial charge in [0.2, 0.25) is 0 Å². The van der Waals surface area contributed by atoms with Gasteiger partial charge in [-0.25, -0.2) is 0 Å². The fourth-order valence-electron chi connectivity index (χ4n) is 3.25. The first-order valence-corrected chi connectivity index (χ1v) is 12.0. The van der Waals surface area contributed by atoms with Crippen molar-refractivity contribution in [2.45, 2.75) is 99.0 Å². The Labute approximate surface area is 182 Å². The monoisotopic (exact) mass is 454 g/mol. The average molecular weight is 456 g/mol. The third-order valence-corrected chi connectivity index (χ3v) is 6.78. The maximum absolute atomic E-state index is 6.43. The maximum Gasteiger partial charge on any atom is 0.119 e. The van der Waals surface area contributed by atoms with E-state index in [1.165, 1.54) is 38.5 Å². The molecule has 162 valence electrons. The zero-order chi connectivity index (χ0) is 21.0. The summed E-state index contributed by atoms with van der Waals surface area (Å²) < 4.78 is 13.3. The van der Waals surface area contributed by atoms with Crippen LogP contribution in [0.1, 0.15) is 92.9 Å². The van der Waals surface area contributed by atoms with Crippen LogP contribution in [0.15, 0.2) is 28.7 Å². The Morgan fingerprint density at radius 1 is 0.821 bits per heavy atom. The van der Waals surface area contributed by atoms with Crippen LogP contribution in [0, 0.1) is 10.8 Å². The first-order chi connectivity index (χ1) is 13.2. The van der Waals surface area contributed by atoms with E-state index >= 15 is 0 Å². The molecular formula is C25H43BrO2. The molecule has 0 radical (unpaired) electrons. The zero-order valence-corrected chi connectivity index (χ0v) is 20.7. The minimum atomic E-state index is 0.142. The van der Waals surface area contributed by atoms with E-state index in [9.17, 15) is 0 Å². The number of halogens is 1. The smallest absolute Gasteiger partial charge is 0.119 e. The lowest BCUT2D eigenvalue weighted by molar-refractivity contribution is -0.0823. The van der Waals surface area contributed by atoms with Crippen LogP contribution >= 0.6 is 15.9 Å². The third-order valence-electron chi connectivity index (χ3n) is 6.25. The fourth-order valence-corrected chi connectivity index (χ4v) is 3.52. The molecule has 1 rings (SSSR count). The summed E-state index contributed by atoms with van der Waals surface area (Å²) in [5, 5.41) is 0. The number of rotatable bonds is 14. The SMILES string of the molecule is CCCCCCCCC(OCCCOc1ccc(Br)cc1)C(C)(C)C(C)(C)C. The summed E-state index contributed by atoms with van der Waals surface area (Å²) in [6.07, 6.45) is 10.4. The van der Waals surface area contributed by atoms with Gasteiger partial charge in [0.15, 0.2) is 0 Å². The third kappa shape index (κ3) is 9.31. The highest BCUT2D eigenvalue weighted by Gasteiger charge is 2.40. The quantitative estimate of drug-likeness (QED) is 0.262. The van der Waals surface area contributed by atoms with E-state index in [-0.39, 0.29) is 10.8 Å². The summed E-state index contributed by atoms with van der Waals surface area (Å²) in [4.78, 5) is 0. The number of benzene rings is 1. The minimum Gasteiger partial charge on any atom is -0.494 e. The largest absolute Gasteiger partial charge is 0.494 e. The number of unbranched alkanes of at least 4 members (excludes halogenated alkanes) is 5. The molecule has 0 fully saturated rings. The van der Waals surface area contributed by atoms with Gasteiger partial charge in [-0.3, -0.25) is 0 Å². The Morgan fingerprint density at radius 3 is 2.04 bits per heavy atom. The summed E-state index contributed by atoms with van der Waals surface area (Å²) in [6, 6.07) is 8.01. The Morgan fingerprint density at radius 2 is 1.43 bits per heavy atom. The lowest BCUT2D eigenvalue weighted by Crippen LogP contribution is -2.42. The van der Waals surface area contributed by atoms with Crippen molar-refractivity contribution in [1.29, 1.82) is 0 Å². The lowest BCUT2D eigenvalue weighted by Gasteiger charge is -2.45. The number of hydrogen-bond donors (Lipinski definition) is 0. The Bertz CT molecular complexity index is 516. The Balaban J connectivity index is 2.42. The maximum atomic E-state index is 6.43. The molecule has 0 heterocycles. The second kappa shape index (κ2) is 12.9. The topological polar surface area (TPSA) is 18.5 Å². The van der Waals surface area contributed by atoms with Gasteiger partial charge in [0, 0.05) is 10.9 Å². The normalized spacial score (nSPS) is 13.5. The molecule has 0 saturated heterocycles. The van der Waals surface area contributed by atoms with Crippen molar-refractivity contribution in [3.63, 3.8) is 0 Å². The Hall–Kier alpha value is -0.540. The molecule has 2 nitrogen and oxygen atoms in total. The van der Waals surface area contributed by atoms with E-state index < -0.39 is 0 Å². The second-order valence-corrected chi connectivity index (χ2v) is 10.5. The first-order valence-electron chi connectivity index (χ1n) is 11.2. The Kier molecular flexibility index (Phi) is 11.7. The molecule has 0 aromatic heterocycles. The molecule has 1 aromatic rings. The van der Waals surface area contributed by atoms with Gasteiger partial charge in [-0.15, -0.1) is 0 Å². The van der Waals surface area contributed by atoms with E-state index in [1.807, 2.05) is 24.3 Å². The summed E-state index contributed by atoms with van der Waals surface area (Å²) in [7, 11) is 0. The van der Waals surface area contributed by atoms with E-state index in [1.54, 1.807) is 0 Å². The summed E-state index contributed by atoms with van der Waals surface area (Å²) in [5.41, 5.74) is 0.358. The molecule has 3 heteroatoms. The van der Waals surface area contributed by atoms with Crippen molar-refractivity contribution in [2.75, 3.05) is 13.2 Å². The highest BCUT2D eigenvalue weighted by Crippen LogP contribution is 2.43. The van der Waals surface area contributed by atoms with Gasteiger partial charge in [-0.2, -0.15) is 0 Å². The summed E-state index contributed by atoms with van der Waals surface area (Å²) in [6.45, 7) is 15.5. The molecule has 0 amide bonds. The summed E-state index contributed by atoms with van der Waals surface area (Å²) >= 11 is 3.45. The van der Waals surface area contributed by atoms with Gasteiger partial charge in [-0.05, 0) is 41.5 Å². The van der Waals surface area contributed by atoms with E-state index in [0.717, 1.165) is 29.7 Å². The van der Waals surface area contributed by atoms with Gasteiger partial charge in [-0.1, -0.05) is 96.0 Å². The van der Waals surface area contributed by atoms with Crippen LogP contribution in [-0.4, -0.2) is 19.3 Å². The number of ether oxygens (including phenoxy) is 2. The molecule has 0 saturated carbocycles. The van der Waals surface area contributed by atoms with Crippen molar-refractivity contribution < 1.29 is 9.47 Å². The molecule has 1 unspecified atom stereocenters. The predicted molar refractivity (Wildman–Crippen MR) is 125 cm³/mol. The first kappa shape index (κ1) is 25.5. The molecule has 0 aliphatic heterocycles. The standard InChI is InChI=1S/C25H43BrO2/c1-7-8-9-10-11-12-14-23(25(5,6)24(2,3)4)28-20-13-19-27-22-17-15-21(26)16-18-22/h15-18,23H,7-14,19-20H2,1-6H3. The van der Waals surface area contributed by atoms with Crippen LogP contribution < -0.4 is 4.74 Å². The van der Waals surface area contributed by atoms with Gasteiger partial charge in [0.25, 0.3) is 0 Å². The molecular weight excluding hydrogens is 412 g/mol. The van der Waals surface area contributed by atoms with Crippen LogP contribution in [0.4, 0.5) is 0 Å². The van der Waals surface area contributed by atoms with Crippen molar-refractivity contribution in [2.24, 2.45) is 10.8 Å². The highest BCUT2D eigenvalue weighted by atomic mass is 79.9. The molecule has 0 N–H and O–H groups in total. The number of hydrogen-bond acceptors (Lipinski definition) is 2. The average Bonchev–Trinajstić information content (AvgIpc) is 2.63. The van der Waals surface area contributed by atoms with Crippen LogP contribution in [0.3, 0.4) is 0 Å². The molecule has 1 aromatic carbocycles. The van der Waals surface area contributed by atoms with E-state index in [0.29, 0.717) is 12.7 Å². The van der Waals surface area contributed by atoms with Crippen LogP contribution in [-0.2, 0) is 4.74 Å². The van der Waals surface area contributed by atoms with Gasteiger partial charge in [0.1, 0.15) is 5.75 Å². The molecule has 0 bridgehead atoms. The zero-order valence-electron chi connectivity index (χ0n) is 19.2. The van der Waals surface area contributed by atoms with Gasteiger partial charge >= 0.3 is 0 Å². The minimum absolute atomic E-state index is 0.142.